The third-order valence-corrected chi connectivity index (χ3v) is 15.7. The molecule has 0 unspecified atom stereocenters. The SMILES string of the molecule is O=C(NCC[C@@H]1NC(=O)[C@H](Cc2c[nH]c3ccccc23)NC(=O)C2(CCCC2)NC(=O)[C@H](Cc2c[nH]c3ccccc23)NC(=O)[C@@H]2C[C@@H]3CCCC[C@@H]3N2C(=O)[C@H]2CCCN2C1=O)ON1C(=O)CCC1=O. The van der Waals surface area contributed by atoms with Crippen LogP contribution < -0.4 is 26.6 Å². The van der Waals surface area contributed by atoms with Gasteiger partial charge in [-0.25, -0.2) is 4.79 Å². The van der Waals surface area contributed by atoms with Crippen molar-refractivity contribution in [1.82, 2.24) is 51.4 Å². The van der Waals surface area contributed by atoms with E-state index in [1.165, 1.54) is 4.90 Å². The van der Waals surface area contributed by atoms with Gasteiger partial charge >= 0.3 is 6.09 Å². The minimum absolute atomic E-state index is 0.0209. The molecule has 6 fully saturated rings. The van der Waals surface area contributed by atoms with Crippen LogP contribution in [-0.2, 0) is 56.0 Å². The highest BCUT2D eigenvalue weighted by molar-refractivity contribution is 6.02. The number of H-pyrrole nitrogens is 2. The van der Waals surface area contributed by atoms with Gasteiger partial charge in [-0.05, 0) is 80.5 Å². The number of para-hydroxylation sites is 2. The van der Waals surface area contributed by atoms with Gasteiger partial charge in [-0.2, -0.15) is 0 Å². The first kappa shape index (κ1) is 47.4. The van der Waals surface area contributed by atoms with Gasteiger partial charge in [0, 0.05) is 79.0 Å². The number of benzene rings is 2. The standard InChI is InChI=1S/C51H60N10O10/c62-42-17-18-43(63)61(42)71-50(70)52-22-19-36-47(67)59-23-9-16-40(59)48(68)60-39-15-6-1-10-29(39)26-41(60)46(66)56-38(25-31-28-54-35-14-5-3-12-33(31)35)45(65)58-51(20-7-8-21-51)49(69)57-37(44(64)55-36)24-30-27-53-34-13-4-2-11-32(30)34/h2-5,11-14,27-29,36-41,53-54H,1,6-10,15-26H2,(H,52,70)(H,55,64)(H,56,66)(H,57,69)(H,58,65)/t29-,36-,37-,38-,39-,40+,41-/m0/s1. The second kappa shape index (κ2) is 19.9. The lowest BCUT2D eigenvalue weighted by Crippen LogP contribution is -2.65. The van der Waals surface area contributed by atoms with Crippen LogP contribution in [0.5, 0.6) is 0 Å². The summed E-state index contributed by atoms with van der Waals surface area (Å²) in [4.78, 5) is 142. The van der Waals surface area contributed by atoms with Crippen LogP contribution in [0.15, 0.2) is 60.9 Å². The van der Waals surface area contributed by atoms with Crippen molar-refractivity contribution in [2.24, 2.45) is 5.92 Å². The normalized spacial score (nSPS) is 27.5. The van der Waals surface area contributed by atoms with E-state index in [2.05, 4.69) is 36.6 Å². The molecule has 0 bridgehead atoms. The number of nitrogens with one attached hydrogen (secondary N) is 7. The van der Waals surface area contributed by atoms with Crippen LogP contribution in [-0.4, -0.2) is 133 Å². The Kier molecular flexibility index (Phi) is 13.3. The fraction of sp³-hybridized carbons (Fsp3) is 0.510. The van der Waals surface area contributed by atoms with E-state index in [1.807, 2.05) is 48.5 Å². The van der Waals surface area contributed by atoms with Gasteiger partial charge in [-0.15, -0.1) is 5.06 Å². The van der Waals surface area contributed by atoms with Crippen molar-refractivity contribution in [1.29, 1.82) is 0 Å². The molecule has 4 aliphatic heterocycles. The quantitative estimate of drug-likeness (QED) is 0.127. The number of nitrogens with zero attached hydrogens (tertiary/aromatic N) is 3. The minimum atomic E-state index is -1.48. The second-order valence-electron chi connectivity index (χ2n) is 20.0. The molecule has 2 aromatic heterocycles. The Morgan fingerprint density at radius 1 is 0.662 bits per heavy atom. The third kappa shape index (κ3) is 9.43. The Hall–Kier alpha value is -7.25. The molecular formula is C51H60N10O10. The van der Waals surface area contributed by atoms with Gasteiger partial charge in [-0.3, -0.25) is 38.4 Å². The number of hydrogen-bond acceptors (Lipinski definition) is 10. The third-order valence-electron chi connectivity index (χ3n) is 15.7. The van der Waals surface area contributed by atoms with Gasteiger partial charge in [0.05, 0.1) is 0 Å². The van der Waals surface area contributed by atoms with Crippen molar-refractivity contribution in [3.8, 4) is 0 Å². The summed E-state index contributed by atoms with van der Waals surface area (Å²) in [5.74, 6) is -4.72. The molecular weight excluding hydrogens is 913 g/mol. The van der Waals surface area contributed by atoms with Crippen LogP contribution in [0.2, 0.25) is 0 Å². The molecule has 374 valence electrons. The Bertz CT molecular complexity index is 2760. The van der Waals surface area contributed by atoms with Crippen LogP contribution >= 0.6 is 0 Å². The molecule has 2 saturated carbocycles. The van der Waals surface area contributed by atoms with E-state index in [0.29, 0.717) is 49.2 Å². The Labute approximate surface area is 409 Å². The van der Waals surface area contributed by atoms with Crippen molar-refractivity contribution in [2.45, 2.75) is 145 Å². The monoisotopic (exact) mass is 972 g/mol. The number of amides is 9. The van der Waals surface area contributed by atoms with Crippen LogP contribution in [0.25, 0.3) is 21.8 Å². The highest BCUT2D eigenvalue weighted by Gasteiger charge is 2.52. The molecule has 0 radical (unpaired) electrons. The number of hydrogen-bond donors (Lipinski definition) is 7. The summed E-state index contributed by atoms with van der Waals surface area (Å²) < 4.78 is 0. The Morgan fingerprint density at radius 3 is 1.96 bits per heavy atom. The van der Waals surface area contributed by atoms with E-state index in [1.54, 1.807) is 17.3 Å². The van der Waals surface area contributed by atoms with Gasteiger partial charge in [0.15, 0.2) is 0 Å². The number of rotatable bonds is 8. The molecule has 9 amide bonds. The van der Waals surface area contributed by atoms with Crippen LogP contribution in [0, 0.1) is 5.92 Å². The van der Waals surface area contributed by atoms with Gasteiger partial charge in [-0.1, -0.05) is 62.1 Å². The smallest absolute Gasteiger partial charge is 0.361 e. The summed E-state index contributed by atoms with van der Waals surface area (Å²) in [7, 11) is 0. The number of carbonyl (C=O) groups is 9. The summed E-state index contributed by atoms with van der Waals surface area (Å²) >= 11 is 0. The molecule has 7 N–H and O–H groups in total. The van der Waals surface area contributed by atoms with E-state index in [4.69, 9.17) is 4.84 Å². The lowest BCUT2D eigenvalue weighted by Gasteiger charge is -2.38. The average molecular weight is 973 g/mol. The molecule has 2 aliphatic carbocycles. The molecule has 20 nitrogen and oxygen atoms in total. The largest absolute Gasteiger partial charge is 0.432 e. The molecule has 71 heavy (non-hydrogen) atoms. The van der Waals surface area contributed by atoms with E-state index in [0.717, 1.165) is 46.6 Å². The fourth-order valence-corrected chi connectivity index (χ4v) is 12.0. The molecule has 7 atom stereocenters. The zero-order valence-electron chi connectivity index (χ0n) is 39.5. The number of imide groups is 1. The molecule has 6 aliphatic rings. The summed E-state index contributed by atoms with van der Waals surface area (Å²) in [6.45, 7) is -0.107. The van der Waals surface area contributed by atoms with Crippen molar-refractivity contribution < 1.29 is 48.0 Å². The molecule has 20 heteroatoms. The maximum Gasteiger partial charge on any atom is 0.432 e. The van der Waals surface area contributed by atoms with Gasteiger partial charge < -0.3 is 51.2 Å². The zero-order chi connectivity index (χ0) is 49.4. The Morgan fingerprint density at radius 2 is 1.28 bits per heavy atom. The predicted octanol–water partition coefficient (Wildman–Crippen LogP) is 2.66. The van der Waals surface area contributed by atoms with Crippen molar-refractivity contribution in [2.75, 3.05) is 13.1 Å². The summed E-state index contributed by atoms with van der Waals surface area (Å²) in [5, 5.41) is 16.5. The van der Waals surface area contributed by atoms with Crippen LogP contribution in [0.1, 0.15) is 101 Å². The average Bonchev–Trinajstić information content (AvgIpc) is 4.25. The second-order valence-corrected chi connectivity index (χ2v) is 20.0. The number of carbonyl (C=O) groups excluding carboxylic acids is 9. The molecule has 2 aromatic carbocycles. The van der Waals surface area contributed by atoms with E-state index in [-0.39, 0.29) is 75.9 Å². The van der Waals surface area contributed by atoms with Crippen molar-refractivity contribution in [3.63, 3.8) is 0 Å². The van der Waals surface area contributed by atoms with Gasteiger partial charge in [0.25, 0.3) is 11.8 Å². The highest BCUT2D eigenvalue weighted by Crippen LogP contribution is 2.41. The number of aromatic nitrogens is 2. The first-order valence-electron chi connectivity index (χ1n) is 25.2. The maximum atomic E-state index is 15.2. The Balaban J connectivity index is 1.01. The predicted molar refractivity (Wildman–Crippen MR) is 255 cm³/mol. The topological polar surface area (TPSA) is 264 Å². The molecule has 4 saturated heterocycles. The summed E-state index contributed by atoms with van der Waals surface area (Å²) in [6, 6.07) is 9.08. The number of fused-ring (bicyclic) bond motifs is 6. The summed E-state index contributed by atoms with van der Waals surface area (Å²) in [5.41, 5.74) is 1.63. The van der Waals surface area contributed by atoms with E-state index >= 15 is 14.4 Å². The van der Waals surface area contributed by atoms with Crippen molar-refractivity contribution in [3.05, 3.63) is 72.1 Å². The fourth-order valence-electron chi connectivity index (χ4n) is 12.0. The lowest BCUT2D eigenvalue weighted by molar-refractivity contribution is -0.171. The number of hydroxylamine groups is 2. The highest BCUT2D eigenvalue weighted by atomic mass is 16.7. The van der Waals surface area contributed by atoms with E-state index < -0.39 is 83.2 Å². The lowest BCUT2D eigenvalue weighted by atomic mass is 9.84. The van der Waals surface area contributed by atoms with Crippen LogP contribution in [0.3, 0.4) is 0 Å². The maximum absolute atomic E-state index is 15.2. The molecule has 10 rings (SSSR count). The molecule has 1 spiro atoms. The minimum Gasteiger partial charge on any atom is -0.361 e. The van der Waals surface area contributed by atoms with Gasteiger partial charge in [0.2, 0.25) is 35.4 Å². The first-order valence-corrected chi connectivity index (χ1v) is 25.2. The molecule has 4 aromatic rings. The van der Waals surface area contributed by atoms with Crippen molar-refractivity contribution >= 4 is 75.2 Å². The first-order chi connectivity index (χ1) is 34.4. The number of aromatic amines is 2. The summed E-state index contributed by atoms with van der Waals surface area (Å²) in [6.07, 6.45) is 8.14. The van der Waals surface area contributed by atoms with Crippen LogP contribution in [0.4, 0.5) is 4.79 Å². The van der Waals surface area contributed by atoms with E-state index in [9.17, 15) is 28.8 Å². The van der Waals surface area contributed by atoms with Gasteiger partial charge in [0.1, 0.15) is 35.7 Å². The zero-order valence-corrected chi connectivity index (χ0v) is 39.5. The molecule has 6 heterocycles.